The summed E-state index contributed by atoms with van der Waals surface area (Å²) < 4.78 is 0. The molecular weight excluding hydrogens is 330 g/mol. The molecule has 7 heteroatoms. The second kappa shape index (κ2) is 6.59. The monoisotopic (exact) mass is 359 g/mol. The lowest BCUT2D eigenvalue weighted by Crippen LogP contribution is -2.52. The van der Waals surface area contributed by atoms with Crippen molar-refractivity contribution in [2.45, 2.75) is 43.9 Å². The van der Waals surface area contributed by atoms with E-state index in [1.165, 1.54) is 11.3 Å². The number of piperidine rings is 2. The van der Waals surface area contributed by atoms with Crippen LogP contribution in [0.4, 0.5) is 4.79 Å². The van der Waals surface area contributed by atoms with Gasteiger partial charge in [0.15, 0.2) is 0 Å². The third-order valence-electron chi connectivity index (χ3n) is 6.51. The summed E-state index contributed by atoms with van der Waals surface area (Å²) in [6, 6.07) is 0.0468. The number of nitrogens with one attached hydrogen (secondary N) is 1. The molecule has 4 rings (SSSR count). The number of amides is 3. The van der Waals surface area contributed by atoms with Crippen molar-refractivity contribution in [3.8, 4) is 0 Å². The molecule has 1 spiro atoms. The average molecular weight is 359 g/mol. The first-order chi connectivity index (χ1) is 12.5. The quantitative estimate of drug-likeness (QED) is 0.828. The number of aromatic amines is 1. The third-order valence-corrected chi connectivity index (χ3v) is 6.51. The molecule has 1 aromatic heterocycles. The van der Waals surface area contributed by atoms with Crippen LogP contribution in [0.2, 0.25) is 0 Å². The van der Waals surface area contributed by atoms with Gasteiger partial charge < -0.3 is 14.7 Å². The highest BCUT2D eigenvalue weighted by Gasteiger charge is 2.45. The predicted octanol–water partition coefficient (Wildman–Crippen LogP) is 1.61. The number of carbonyl (C=O) groups is 2. The van der Waals surface area contributed by atoms with E-state index in [9.17, 15) is 9.59 Å². The van der Waals surface area contributed by atoms with Crippen molar-refractivity contribution < 1.29 is 9.59 Å². The molecule has 2 saturated heterocycles. The number of likely N-dealkylation sites (tertiary alicyclic amines) is 2. The van der Waals surface area contributed by atoms with E-state index in [2.05, 4.69) is 15.1 Å². The van der Waals surface area contributed by atoms with E-state index in [0.717, 1.165) is 51.6 Å². The lowest BCUT2D eigenvalue weighted by molar-refractivity contribution is -0.139. The summed E-state index contributed by atoms with van der Waals surface area (Å²) >= 11 is 0. The maximum absolute atomic E-state index is 13.1. The maximum atomic E-state index is 13.1. The van der Waals surface area contributed by atoms with E-state index < -0.39 is 0 Å². The van der Waals surface area contributed by atoms with E-state index in [4.69, 9.17) is 0 Å². The molecule has 2 aliphatic heterocycles. The SMILES string of the molecule is CN(C)C(=O)N1CCC(C(=O)N2CCCC3(CCc4cn[nH]c43)C2)CC1. The van der Waals surface area contributed by atoms with E-state index in [1.807, 2.05) is 11.1 Å². The van der Waals surface area contributed by atoms with E-state index >= 15 is 0 Å². The van der Waals surface area contributed by atoms with Gasteiger partial charge in [-0.1, -0.05) is 0 Å². The number of aromatic nitrogens is 2. The Hall–Kier alpha value is -2.05. The van der Waals surface area contributed by atoms with Crippen molar-refractivity contribution in [2.24, 2.45) is 5.92 Å². The average Bonchev–Trinajstić information content (AvgIpc) is 3.26. The van der Waals surface area contributed by atoms with Gasteiger partial charge in [-0.25, -0.2) is 4.79 Å². The Morgan fingerprint density at radius 3 is 2.69 bits per heavy atom. The van der Waals surface area contributed by atoms with Crippen LogP contribution in [0.25, 0.3) is 0 Å². The van der Waals surface area contributed by atoms with Crippen LogP contribution in [0.1, 0.15) is 43.4 Å². The first-order valence-electron chi connectivity index (χ1n) is 9.78. The molecule has 0 aromatic carbocycles. The van der Waals surface area contributed by atoms with Crippen molar-refractivity contribution in [1.82, 2.24) is 24.9 Å². The van der Waals surface area contributed by atoms with Gasteiger partial charge in [-0.2, -0.15) is 5.10 Å². The molecule has 2 fully saturated rings. The van der Waals surface area contributed by atoms with Gasteiger partial charge in [-0.15, -0.1) is 0 Å². The maximum Gasteiger partial charge on any atom is 0.319 e. The number of fused-ring (bicyclic) bond motifs is 2. The van der Waals surface area contributed by atoms with Crippen molar-refractivity contribution in [1.29, 1.82) is 0 Å². The third kappa shape index (κ3) is 2.87. The van der Waals surface area contributed by atoms with Gasteiger partial charge in [-0.05, 0) is 44.1 Å². The second-order valence-electron chi connectivity index (χ2n) is 8.35. The molecule has 142 valence electrons. The number of nitrogens with zero attached hydrogens (tertiary/aromatic N) is 4. The minimum Gasteiger partial charge on any atom is -0.342 e. The lowest BCUT2D eigenvalue weighted by Gasteiger charge is -2.42. The topological polar surface area (TPSA) is 72.5 Å². The largest absolute Gasteiger partial charge is 0.342 e. The minimum absolute atomic E-state index is 0.0468. The van der Waals surface area contributed by atoms with Crippen LogP contribution >= 0.6 is 0 Å². The van der Waals surface area contributed by atoms with Crippen LogP contribution in [0.3, 0.4) is 0 Å². The number of hydrogen-bond acceptors (Lipinski definition) is 3. The summed E-state index contributed by atoms with van der Waals surface area (Å²) in [6.07, 6.45) is 7.88. The van der Waals surface area contributed by atoms with Gasteiger partial charge >= 0.3 is 6.03 Å². The molecule has 3 amide bonds. The molecular formula is C19H29N5O2. The standard InChI is InChI=1S/C19H29N5O2/c1-22(2)18(26)23-10-5-14(6-11-23)17(25)24-9-3-7-19(13-24)8-4-15-12-20-21-16(15)19/h12,14H,3-11,13H2,1-2H3,(H,20,21). The zero-order chi connectivity index (χ0) is 18.3. The number of rotatable bonds is 1. The van der Waals surface area contributed by atoms with Crippen molar-refractivity contribution in [3.05, 3.63) is 17.5 Å². The summed E-state index contributed by atoms with van der Waals surface area (Å²) in [5, 5.41) is 7.43. The molecule has 1 unspecified atom stereocenters. The van der Waals surface area contributed by atoms with Gasteiger partial charge in [-0.3, -0.25) is 9.89 Å². The molecule has 1 N–H and O–H groups in total. The van der Waals surface area contributed by atoms with Crippen LogP contribution < -0.4 is 0 Å². The number of H-pyrrole nitrogens is 1. The zero-order valence-electron chi connectivity index (χ0n) is 15.8. The van der Waals surface area contributed by atoms with Crippen LogP contribution in [-0.2, 0) is 16.6 Å². The molecule has 1 aromatic rings. The summed E-state index contributed by atoms with van der Waals surface area (Å²) in [4.78, 5) is 30.8. The van der Waals surface area contributed by atoms with Crippen molar-refractivity contribution in [3.63, 3.8) is 0 Å². The van der Waals surface area contributed by atoms with Gasteiger partial charge in [0.1, 0.15) is 0 Å². The normalized spacial score (nSPS) is 26.2. The van der Waals surface area contributed by atoms with Gasteiger partial charge in [0.25, 0.3) is 0 Å². The molecule has 0 saturated carbocycles. The van der Waals surface area contributed by atoms with Crippen LogP contribution in [0.5, 0.6) is 0 Å². The smallest absolute Gasteiger partial charge is 0.319 e. The Kier molecular flexibility index (Phi) is 4.40. The zero-order valence-corrected chi connectivity index (χ0v) is 15.8. The summed E-state index contributed by atoms with van der Waals surface area (Å²) in [5.41, 5.74) is 2.68. The fourth-order valence-corrected chi connectivity index (χ4v) is 5.05. The number of carbonyl (C=O) groups excluding carboxylic acids is 2. The summed E-state index contributed by atoms with van der Waals surface area (Å²) in [6.45, 7) is 3.03. The highest BCUT2D eigenvalue weighted by Crippen LogP contribution is 2.44. The predicted molar refractivity (Wildman–Crippen MR) is 97.8 cm³/mol. The van der Waals surface area contributed by atoms with Crippen LogP contribution in [-0.4, -0.2) is 77.1 Å². The summed E-state index contributed by atoms with van der Waals surface area (Å²) in [7, 11) is 3.55. The Bertz CT molecular complexity index is 692. The van der Waals surface area contributed by atoms with E-state index in [-0.39, 0.29) is 23.3 Å². The van der Waals surface area contributed by atoms with E-state index in [0.29, 0.717) is 13.1 Å². The fraction of sp³-hybridized carbons (Fsp3) is 0.737. The van der Waals surface area contributed by atoms with Gasteiger partial charge in [0, 0.05) is 57.3 Å². The lowest BCUT2D eigenvalue weighted by atomic mass is 9.77. The summed E-state index contributed by atoms with van der Waals surface area (Å²) in [5.74, 6) is 0.341. The highest BCUT2D eigenvalue weighted by molar-refractivity contribution is 5.80. The van der Waals surface area contributed by atoms with Gasteiger partial charge in [0.2, 0.25) is 5.91 Å². The molecule has 0 bridgehead atoms. The molecule has 1 atom stereocenters. The molecule has 3 aliphatic rings. The van der Waals surface area contributed by atoms with E-state index in [1.54, 1.807) is 19.0 Å². The highest BCUT2D eigenvalue weighted by atomic mass is 16.2. The van der Waals surface area contributed by atoms with Crippen LogP contribution in [0, 0.1) is 5.92 Å². The first-order valence-corrected chi connectivity index (χ1v) is 9.78. The molecule has 1 aliphatic carbocycles. The number of hydrogen-bond donors (Lipinski definition) is 1. The number of aryl methyl sites for hydroxylation is 1. The molecule has 7 nitrogen and oxygen atoms in total. The van der Waals surface area contributed by atoms with Crippen molar-refractivity contribution >= 4 is 11.9 Å². The molecule has 0 radical (unpaired) electrons. The Morgan fingerprint density at radius 1 is 1.19 bits per heavy atom. The number of urea groups is 1. The minimum atomic E-state index is 0.0468. The Labute approximate surface area is 154 Å². The Morgan fingerprint density at radius 2 is 1.96 bits per heavy atom. The van der Waals surface area contributed by atoms with Crippen molar-refractivity contribution in [2.75, 3.05) is 40.3 Å². The Balaban J connectivity index is 1.39. The first kappa shape index (κ1) is 17.4. The van der Waals surface area contributed by atoms with Crippen LogP contribution in [0.15, 0.2) is 6.20 Å². The second-order valence-corrected chi connectivity index (χ2v) is 8.35. The molecule has 3 heterocycles. The fourth-order valence-electron chi connectivity index (χ4n) is 5.05. The van der Waals surface area contributed by atoms with Gasteiger partial charge in [0.05, 0.1) is 6.20 Å². The molecule has 26 heavy (non-hydrogen) atoms.